The van der Waals surface area contributed by atoms with Crippen LogP contribution in [0.4, 0.5) is 5.95 Å². The van der Waals surface area contributed by atoms with Gasteiger partial charge in [0.1, 0.15) is 5.69 Å². The zero-order valence-electron chi connectivity index (χ0n) is 18.5. The summed E-state index contributed by atoms with van der Waals surface area (Å²) in [5.74, 6) is 3.29. The van der Waals surface area contributed by atoms with Crippen LogP contribution in [0.1, 0.15) is 50.7 Å². The van der Waals surface area contributed by atoms with Crippen LogP contribution in [0, 0.1) is 11.8 Å². The molecule has 166 valence electrons. The standard InChI is InChI=1S/C26H31N5O/c1-3-7-19(8-4-1)25-24(23(32-30-25)17-31-13-5-2-6-14-31)21-11-12-27-26(28-21)29-22-16-18-9-10-20(22)15-18/h1,3-4,7-8,11-12,18,20,22H,2,5-6,9-10,13-17H2,(H,27,28,29)/t18-,20+,22?/m0/s1. The molecule has 0 amide bonds. The van der Waals surface area contributed by atoms with Crippen molar-refractivity contribution < 1.29 is 4.52 Å². The monoisotopic (exact) mass is 429 g/mol. The average molecular weight is 430 g/mol. The van der Waals surface area contributed by atoms with E-state index in [0.717, 1.165) is 65.7 Å². The molecule has 1 aromatic carbocycles. The average Bonchev–Trinajstić information content (AvgIpc) is 3.57. The molecular formula is C26H31N5O. The van der Waals surface area contributed by atoms with Crippen LogP contribution in [0.5, 0.6) is 0 Å². The van der Waals surface area contributed by atoms with Crippen molar-refractivity contribution >= 4 is 5.95 Å². The zero-order chi connectivity index (χ0) is 21.3. The van der Waals surface area contributed by atoms with Crippen LogP contribution in [0.2, 0.25) is 0 Å². The molecule has 3 fully saturated rings. The van der Waals surface area contributed by atoms with Crippen molar-refractivity contribution in [3.63, 3.8) is 0 Å². The molecule has 3 aromatic rings. The van der Waals surface area contributed by atoms with Gasteiger partial charge in [-0.15, -0.1) is 0 Å². The number of likely N-dealkylation sites (tertiary alicyclic amines) is 1. The quantitative estimate of drug-likeness (QED) is 0.567. The lowest BCUT2D eigenvalue weighted by atomic mass is 9.95. The van der Waals surface area contributed by atoms with Gasteiger partial charge in [-0.1, -0.05) is 48.3 Å². The Hall–Kier alpha value is -2.73. The molecule has 2 bridgehead atoms. The highest BCUT2D eigenvalue weighted by molar-refractivity contribution is 5.80. The number of nitrogens with one attached hydrogen (secondary N) is 1. The van der Waals surface area contributed by atoms with Crippen LogP contribution in [-0.2, 0) is 6.54 Å². The first-order chi connectivity index (χ1) is 15.8. The van der Waals surface area contributed by atoms with Crippen molar-refractivity contribution in [1.82, 2.24) is 20.0 Å². The van der Waals surface area contributed by atoms with Crippen molar-refractivity contribution in [2.24, 2.45) is 11.8 Å². The van der Waals surface area contributed by atoms with Crippen molar-refractivity contribution in [3.8, 4) is 22.5 Å². The maximum absolute atomic E-state index is 5.95. The Kier molecular flexibility index (Phi) is 5.39. The smallest absolute Gasteiger partial charge is 0.223 e. The van der Waals surface area contributed by atoms with Crippen LogP contribution in [0.15, 0.2) is 47.1 Å². The van der Waals surface area contributed by atoms with Crippen molar-refractivity contribution in [2.75, 3.05) is 18.4 Å². The first kappa shape index (κ1) is 19.9. The number of anilines is 1. The van der Waals surface area contributed by atoms with E-state index >= 15 is 0 Å². The molecule has 32 heavy (non-hydrogen) atoms. The van der Waals surface area contributed by atoms with Crippen LogP contribution in [0.25, 0.3) is 22.5 Å². The molecule has 1 aliphatic heterocycles. The van der Waals surface area contributed by atoms with E-state index in [1.165, 1.54) is 44.9 Å². The lowest BCUT2D eigenvalue weighted by molar-refractivity contribution is 0.197. The van der Waals surface area contributed by atoms with Gasteiger partial charge in [-0.05, 0) is 63.1 Å². The van der Waals surface area contributed by atoms with E-state index < -0.39 is 0 Å². The predicted molar refractivity (Wildman–Crippen MR) is 125 cm³/mol. The predicted octanol–water partition coefficient (Wildman–Crippen LogP) is 5.39. The van der Waals surface area contributed by atoms with E-state index in [0.29, 0.717) is 6.04 Å². The molecule has 1 unspecified atom stereocenters. The van der Waals surface area contributed by atoms with E-state index in [1.807, 2.05) is 30.5 Å². The Morgan fingerprint density at radius 2 is 1.88 bits per heavy atom. The summed E-state index contributed by atoms with van der Waals surface area (Å²) in [6.45, 7) is 3.00. The lowest BCUT2D eigenvalue weighted by Crippen LogP contribution is -2.29. The zero-order valence-corrected chi connectivity index (χ0v) is 18.5. The summed E-state index contributed by atoms with van der Waals surface area (Å²) in [5.41, 5.74) is 3.80. The second-order valence-electron chi connectivity index (χ2n) is 9.72. The van der Waals surface area contributed by atoms with Gasteiger partial charge in [0.05, 0.1) is 17.8 Å². The number of aromatic nitrogens is 3. The molecule has 2 aliphatic carbocycles. The first-order valence-electron chi connectivity index (χ1n) is 12.2. The Labute approximate surface area is 189 Å². The molecule has 1 saturated heterocycles. The van der Waals surface area contributed by atoms with Gasteiger partial charge in [-0.2, -0.15) is 0 Å². The summed E-state index contributed by atoms with van der Waals surface area (Å²) in [6.07, 6.45) is 11.0. The highest BCUT2D eigenvalue weighted by atomic mass is 16.5. The van der Waals surface area contributed by atoms with Crippen LogP contribution in [-0.4, -0.2) is 39.2 Å². The fourth-order valence-electron chi connectivity index (χ4n) is 5.96. The van der Waals surface area contributed by atoms with E-state index in [-0.39, 0.29) is 0 Å². The van der Waals surface area contributed by atoms with Gasteiger partial charge in [-0.25, -0.2) is 9.97 Å². The third-order valence-corrected chi connectivity index (χ3v) is 7.59. The Morgan fingerprint density at radius 3 is 2.66 bits per heavy atom. The summed E-state index contributed by atoms with van der Waals surface area (Å²) in [5, 5.41) is 8.16. The Morgan fingerprint density at radius 1 is 1.00 bits per heavy atom. The SMILES string of the molecule is c1ccc(-c2noc(CN3CCCCC3)c2-c2ccnc(NC3C[C@H]4CC[C@@H]3C4)n2)cc1. The molecule has 6 rings (SSSR count). The molecule has 2 saturated carbocycles. The minimum atomic E-state index is 0.507. The van der Waals surface area contributed by atoms with Gasteiger partial charge in [0, 0.05) is 17.8 Å². The van der Waals surface area contributed by atoms with Gasteiger partial charge in [0.15, 0.2) is 5.76 Å². The number of benzene rings is 1. The molecule has 0 radical (unpaired) electrons. The third-order valence-electron chi connectivity index (χ3n) is 7.59. The van der Waals surface area contributed by atoms with Crippen molar-refractivity contribution in [1.29, 1.82) is 0 Å². The topological polar surface area (TPSA) is 67.1 Å². The number of hydrogen-bond acceptors (Lipinski definition) is 6. The molecule has 1 N–H and O–H groups in total. The molecule has 6 heteroatoms. The van der Waals surface area contributed by atoms with Gasteiger partial charge >= 0.3 is 0 Å². The summed E-state index contributed by atoms with van der Waals surface area (Å²) in [7, 11) is 0. The summed E-state index contributed by atoms with van der Waals surface area (Å²) < 4.78 is 5.95. The molecule has 3 aliphatic rings. The number of fused-ring (bicyclic) bond motifs is 2. The first-order valence-corrected chi connectivity index (χ1v) is 12.2. The number of hydrogen-bond donors (Lipinski definition) is 1. The molecule has 2 aromatic heterocycles. The summed E-state index contributed by atoms with van der Waals surface area (Å²) >= 11 is 0. The molecular weight excluding hydrogens is 398 g/mol. The highest BCUT2D eigenvalue weighted by Crippen LogP contribution is 2.45. The summed E-state index contributed by atoms with van der Waals surface area (Å²) in [4.78, 5) is 12.0. The lowest BCUT2D eigenvalue weighted by Gasteiger charge is -2.25. The van der Waals surface area contributed by atoms with E-state index in [2.05, 4.69) is 32.5 Å². The Balaban J connectivity index is 1.33. The third kappa shape index (κ3) is 3.92. The number of rotatable bonds is 6. The number of nitrogens with zero attached hydrogens (tertiary/aromatic N) is 4. The maximum Gasteiger partial charge on any atom is 0.223 e. The van der Waals surface area contributed by atoms with E-state index in [9.17, 15) is 0 Å². The molecule has 3 atom stereocenters. The fraction of sp³-hybridized carbons (Fsp3) is 0.500. The maximum atomic E-state index is 5.95. The minimum Gasteiger partial charge on any atom is -0.359 e. The van der Waals surface area contributed by atoms with Gasteiger partial charge in [-0.3, -0.25) is 4.90 Å². The molecule has 3 heterocycles. The van der Waals surface area contributed by atoms with Crippen molar-refractivity contribution in [3.05, 3.63) is 48.4 Å². The Bertz CT molecular complexity index is 1060. The van der Waals surface area contributed by atoms with Gasteiger partial charge < -0.3 is 9.84 Å². The second kappa shape index (κ2) is 8.66. The fourth-order valence-corrected chi connectivity index (χ4v) is 5.96. The largest absolute Gasteiger partial charge is 0.359 e. The number of piperidine rings is 1. The van der Waals surface area contributed by atoms with Crippen molar-refractivity contribution in [2.45, 2.75) is 57.5 Å². The second-order valence-corrected chi connectivity index (χ2v) is 9.72. The molecule has 6 nitrogen and oxygen atoms in total. The van der Waals surface area contributed by atoms with Crippen LogP contribution >= 0.6 is 0 Å². The van der Waals surface area contributed by atoms with Gasteiger partial charge in [0.2, 0.25) is 5.95 Å². The summed E-state index contributed by atoms with van der Waals surface area (Å²) in [6, 6.07) is 12.8. The van der Waals surface area contributed by atoms with Gasteiger partial charge in [0.25, 0.3) is 0 Å². The van der Waals surface area contributed by atoms with E-state index in [1.54, 1.807) is 0 Å². The van der Waals surface area contributed by atoms with Crippen LogP contribution in [0.3, 0.4) is 0 Å². The highest BCUT2D eigenvalue weighted by Gasteiger charge is 2.39. The molecule has 0 spiro atoms. The normalized spacial score (nSPS) is 25.3. The van der Waals surface area contributed by atoms with Crippen LogP contribution < -0.4 is 5.32 Å². The minimum absolute atomic E-state index is 0.507. The van der Waals surface area contributed by atoms with E-state index in [4.69, 9.17) is 9.51 Å².